The van der Waals surface area contributed by atoms with E-state index >= 15 is 0 Å². The van der Waals surface area contributed by atoms with E-state index in [0.717, 1.165) is 18.4 Å². The van der Waals surface area contributed by atoms with E-state index in [-0.39, 0.29) is 5.97 Å². The van der Waals surface area contributed by atoms with E-state index in [2.05, 4.69) is 48.1 Å². The molecule has 0 amide bonds. The molecule has 0 saturated heterocycles. The maximum absolute atomic E-state index is 12.6. The third-order valence-electron chi connectivity index (χ3n) is 7.63. The molecular weight excluding hydrogens is 492 g/mol. The van der Waals surface area contributed by atoms with Crippen LogP contribution in [0.4, 0.5) is 0 Å². The van der Waals surface area contributed by atoms with E-state index in [9.17, 15) is 4.79 Å². The Bertz CT molecular complexity index is 1080. The largest absolute Gasteiger partial charge is 0.420 e. The van der Waals surface area contributed by atoms with Crippen LogP contribution in [0.15, 0.2) is 60.9 Å². The lowest BCUT2D eigenvalue weighted by atomic mass is 10.0. The molecule has 0 aliphatic heterocycles. The molecule has 0 N–H and O–H groups in total. The number of nitrogens with zero attached hydrogens (tertiary/aromatic N) is 2. The van der Waals surface area contributed by atoms with Crippen LogP contribution in [0.25, 0.3) is 11.4 Å². The van der Waals surface area contributed by atoms with Gasteiger partial charge in [0, 0.05) is 5.56 Å². The number of aryl methyl sites for hydroxylation is 2. The van der Waals surface area contributed by atoms with Crippen LogP contribution in [0.5, 0.6) is 5.75 Å². The van der Waals surface area contributed by atoms with Crippen LogP contribution in [0.2, 0.25) is 0 Å². The number of rotatable bonds is 20. The molecule has 1 aromatic heterocycles. The Kier molecular flexibility index (Phi) is 15.1. The van der Waals surface area contributed by atoms with Crippen LogP contribution in [-0.4, -0.2) is 15.9 Å². The zero-order chi connectivity index (χ0) is 28.3. The van der Waals surface area contributed by atoms with Gasteiger partial charge < -0.3 is 4.74 Å². The van der Waals surface area contributed by atoms with Gasteiger partial charge in [0.1, 0.15) is 0 Å². The first-order valence-corrected chi connectivity index (χ1v) is 15.9. The van der Waals surface area contributed by atoms with Crippen molar-refractivity contribution in [3.05, 3.63) is 77.6 Å². The lowest BCUT2D eigenvalue weighted by molar-refractivity contribution is 0.0733. The first-order valence-electron chi connectivity index (χ1n) is 15.9. The molecule has 4 nitrogen and oxygen atoms in total. The molecule has 0 unspecified atom stereocenters. The van der Waals surface area contributed by atoms with Crippen LogP contribution < -0.4 is 4.74 Å². The normalized spacial score (nSPS) is 11.1. The summed E-state index contributed by atoms with van der Waals surface area (Å²) in [6.45, 7) is 4.52. The van der Waals surface area contributed by atoms with Crippen molar-refractivity contribution >= 4 is 5.97 Å². The Labute approximate surface area is 243 Å². The van der Waals surface area contributed by atoms with Crippen LogP contribution in [0.3, 0.4) is 0 Å². The van der Waals surface area contributed by atoms with Crippen molar-refractivity contribution in [2.24, 2.45) is 0 Å². The number of carbonyl (C=O) groups is 1. The van der Waals surface area contributed by atoms with Gasteiger partial charge in [0.2, 0.25) is 0 Å². The molecule has 0 aliphatic carbocycles. The summed E-state index contributed by atoms with van der Waals surface area (Å²) in [5, 5.41) is 0. The monoisotopic (exact) mass is 542 g/mol. The number of hydrogen-bond acceptors (Lipinski definition) is 4. The van der Waals surface area contributed by atoms with Gasteiger partial charge in [0.25, 0.3) is 0 Å². The van der Waals surface area contributed by atoms with Crippen LogP contribution in [0, 0.1) is 0 Å². The van der Waals surface area contributed by atoms with E-state index in [1.807, 2.05) is 24.3 Å². The second-order valence-corrected chi connectivity index (χ2v) is 11.1. The minimum Gasteiger partial charge on any atom is -0.420 e. The van der Waals surface area contributed by atoms with Crippen molar-refractivity contribution in [2.45, 2.75) is 123 Å². The lowest BCUT2D eigenvalue weighted by Crippen LogP contribution is -2.09. The quantitative estimate of drug-likeness (QED) is 0.105. The summed E-state index contributed by atoms with van der Waals surface area (Å²) in [7, 11) is 0. The molecule has 1 heterocycles. The highest BCUT2D eigenvalue weighted by Gasteiger charge is 2.10. The summed E-state index contributed by atoms with van der Waals surface area (Å²) in [4.78, 5) is 21.5. The Balaban J connectivity index is 1.37. The van der Waals surface area contributed by atoms with Gasteiger partial charge in [0.15, 0.2) is 11.6 Å². The standard InChI is InChI=1S/C36H50N2O2/c1-3-5-7-9-11-13-15-17-19-31-22-26-33(27-23-31)36(39)40-34-28-37-35(38-29-34)32-24-20-30(21-25-32)18-16-14-12-10-8-6-4-2/h20-29H,3-19H2,1-2H3. The number of ether oxygens (including phenoxy) is 1. The summed E-state index contributed by atoms with van der Waals surface area (Å²) in [5.74, 6) is 0.601. The molecule has 40 heavy (non-hydrogen) atoms. The molecule has 0 atom stereocenters. The molecular formula is C36H50N2O2. The van der Waals surface area contributed by atoms with Gasteiger partial charge in [-0.05, 0) is 48.9 Å². The average Bonchev–Trinajstić information content (AvgIpc) is 2.99. The van der Waals surface area contributed by atoms with Gasteiger partial charge in [0.05, 0.1) is 18.0 Å². The van der Waals surface area contributed by atoms with Gasteiger partial charge >= 0.3 is 5.97 Å². The summed E-state index contributed by atoms with van der Waals surface area (Å²) in [5.41, 5.74) is 4.13. The molecule has 0 radical (unpaired) electrons. The highest BCUT2D eigenvalue weighted by atomic mass is 16.5. The number of benzene rings is 2. The SMILES string of the molecule is CCCCCCCCCCc1ccc(C(=O)Oc2cnc(-c3ccc(CCCCCCCCC)cc3)nc2)cc1. The fourth-order valence-corrected chi connectivity index (χ4v) is 5.06. The van der Waals surface area contributed by atoms with Gasteiger partial charge in [-0.25, -0.2) is 14.8 Å². The van der Waals surface area contributed by atoms with Crippen molar-refractivity contribution in [3.63, 3.8) is 0 Å². The first-order chi connectivity index (χ1) is 19.7. The van der Waals surface area contributed by atoms with Crippen molar-refractivity contribution in [2.75, 3.05) is 0 Å². The van der Waals surface area contributed by atoms with Gasteiger partial charge in [-0.1, -0.05) is 134 Å². The second kappa shape index (κ2) is 19.1. The van der Waals surface area contributed by atoms with E-state index in [4.69, 9.17) is 4.74 Å². The number of esters is 1. The zero-order valence-electron chi connectivity index (χ0n) is 25.0. The Morgan fingerprint density at radius 3 is 1.48 bits per heavy atom. The van der Waals surface area contributed by atoms with E-state index in [1.165, 1.54) is 107 Å². The van der Waals surface area contributed by atoms with Crippen LogP contribution in [-0.2, 0) is 12.8 Å². The van der Waals surface area contributed by atoms with Gasteiger partial charge in [-0.2, -0.15) is 0 Å². The summed E-state index contributed by atoms with van der Waals surface area (Å²) in [6.07, 6.45) is 25.1. The topological polar surface area (TPSA) is 52.1 Å². The molecule has 0 spiro atoms. The van der Waals surface area contributed by atoms with Crippen LogP contribution >= 0.6 is 0 Å². The summed E-state index contributed by atoms with van der Waals surface area (Å²) >= 11 is 0. The first kappa shape index (κ1) is 31.5. The van der Waals surface area contributed by atoms with Crippen molar-refractivity contribution in [1.29, 1.82) is 0 Å². The third kappa shape index (κ3) is 12.0. The molecule has 2 aromatic carbocycles. The lowest BCUT2D eigenvalue weighted by Gasteiger charge is -2.07. The third-order valence-corrected chi connectivity index (χ3v) is 7.63. The minimum atomic E-state index is -0.385. The fourth-order valence-electron chi connectivity index (χ4n) is 5.06. The van der Waals surface area contributed by atoms with Crippen molar-refractivity contribution in [1.82, 2.24) is 9.97 Å². The zero-order valence-corrected chi connectivity index (χ0v) is 25.0. The van der Waals surface area contributed by atoms with Crippen molar-refractivity contribution < 1.29 is 9.53 Å². The maximum atomic E-state index is 12.6. The minimum absolute atomic E-state index is 0.354. The Morgan fingerprint density at radius 2 is 1.00 bits per heavy atom. The predicted molar refractivity (Wildman–Crippen MR) is 167 cm³/mol. The maximum Gasteiger partial charge on any atom is 0.343 e. The number of aromatic nitrogens is 2. The van der Waals surface area contributed by atoms with E-state index in [1.54, 1.807) is 12.4 Å². The molecule has 0 fully saturated rings. The number of hydrogen-bond donors (Lipinski definition) is 0. The van der Waals surface area contributed by atoms with E-state index < -0.39 is 0 Å². The Morgan fingerprint density at radius 1 is 0.575 bits per heavy atom. The Hall–Kier alpha value is -3.01. The highest BCUT2D eigenvalue weighted by Crippen LogP contribution is 2.20. The van der Waals surface area contributed by atoms with Gasteiger partial charge in [-0.3, -0.25) is 0 Å². The molecule has 3 aromatic rings. The molecule has 0 aliphatic rings. The number of carbonyl (C=O) groups excluding carboxylic acids is 1. The molecule has 216 valence electrons. The summed E-state index contributed by atoms with van der Waals surface area (Å²) < 4.78 is 5.53. The molecule has 0 bridgehead atoms. The second-order valence-electron chi connectivity index (χ2n) is 11.1. The molecule has 3 rings (SSSR count). The smallest absolute Gasteiger partial charge is 0.343 e. The van der Waals surface area contributed by atoms with Gasteiger partial charge in [-0.15, -0.1) is 0 Å². The molecule has 0 saturated carbocycles. The highest BCUT2D eigenvalue weighted by molar-refractivity contribution is 5.91. The van der Waals surface area contributed by atoms with E-state index in [0.29, 0.717) is 17.1 Å². The number of unbranched alkanes of at least 4 members (excludes halogenated alkanes) is 13. The summed E-state index contributed by atoms with van der Waals surface area (Å²) in [6, 6.07) is 16.3. The van der Waals surface area contributed by atoms with Crippen LogP contribution in [0.1, 0.15) is 132 Å². The average molecular weight is 543 g/mol. The predicted octanol–water partition coefficient (Wildman–Crippen LogP) is 10.3. The molecule has 4 heteroatoms. The van der Waals surface area contributed by atoms with Crippen molar-refractivity contribution in [3.8, 4) is 17.1 Å². The fraction of sp³-hybridized carbons (Fsp3) is 0.528.